The van der Waals surface area contributed by atoms with Crippen molar-refractivity contribution in [3.8, 4) is 5.75 Å². The second kappa shape index (κ2) is 8.67. The minimum atomic E-state index is -0.161. The second-order valence-electron chi connectivity index (χ2n) is 6.90. The van der Waals surface area contributed by atoms with E-state index in [1.54, 1.807) is 4.90 Å². The molecule has 0 saturated heterocycles. The Kier molecular flexibility index (Phi) is 5.81. The van der Waals surface area contributed by atoms with Crippen molar-refractivity contribution < 1.29 is 9.53 Å². The fourth-order valence-electron chi connectivity index (χ4n) is 3.36. The number of anilines is 1. The van der Waals surface area contributed by atoms with Crippen molar-refractivity contribution in [3.63, 3.8) is 0 Å². The zero-order valence-corrected chi connectivity index (χ0v) is 18.1. The molecule has 4 aromatic rings. The van der Waals surface area contributed by atoms with Gasteiger partial charge < -0.3 is 4.74 Å². The molecule has 0 atom stereocenters. The molecule has 7 heteroatoms. The number of rotatable bonds is 7. The summed E-state index contributed by atoms with van der Waals surface area (Å²) in [5.41, 5.74) is 3.19. The molecule has 30 heavy (non-hydrogen) atoms. The van der Waals surface area contributed by atoms with Crippen LogP contribution in [0.5, 0.6) is 5.75 Å². The minimum absolute atomic E-state index is 0.161. The summed E-state index contributed by atoms with van der Waals surface area (Å²) >= 11 is 1.48. The summed E-state index contributed by atoms with van der Waals surface area (Å²) in [4.78, 5) is 20.0. The lowest BCUT2D eigenvalue weighted by Gasteiger charge is -2.19. The van der Waals surface area contributed by atoms with Gasteiger partial charge >= 0.3 is 0 Å². The number of carbonyl (C=O) groups excluding carboxylic acids is 1. The van der Waals surface area contributed by atoms with Crippen molar-refractivity contribution in [2.45, 2.75) is 33.9 Å². The lowest BCUT2D eigenvalue weighted by molar-refractivity contribution is 0.0979. The quantitative estimate of drug-likeness (QED) is 0.419. The Bertz CT molecular complexity index is 1170. The van der Waals surface area contributed by atoms with Gasteiger partial charge in [0.05, 0.1) is 17.9 Å². The Morgan fingerprint density at radius 1 is 1.13 bits per heavy atom. The van der Waals surface area contributed by atoms with Gasteiger partial charge in [0, 0.05) is 12.2 Å². The molecule has 1 amide bonds. The summed E-state index contributed by atoms with van der Waals surface area (Å²) in [6.07, 6.45) is 0. The number of hydrogen-bond acceptors (Lipinski definition) is 5. The van der Waals surface area contributed by atoms with Gasteiger partial charge in [-0.1, -0.05) is 47.7 Å². The Hall–Kier alpha value is -3.19. The number of benzene rings is 2. The van der Waals surface area contributed by atoms with Crippen molar-refractivity contribution >= 4 is 32.6 Å². The predicted octanol–water partition coefficient (Wildman–Crippen LogP) is 5.07. The number of para-hydroxylation sites is 1. The maximum atomic E-state index is 13.5. The zero-order chi connectivity index (χ0) is 21.1. The molecule has 4 rings (SSSR count). The summed E-state index contributed by atoms with van der Waals surface area (Å²) in [5.74, 6) is 0.571. The molecule has 0 aliphatic rings. The molecule has 0 N–H and O–H groups in total. The van der Waals surface area contributed by atoms with Crippen LogP contribution >= 0.6 is 11.3 Å². The molecule has 2 heterocycles. The average Bonchev–Trinajstić information content (AvgIpc) is 3.36. The molecule has 0 radical (unpaired) electrons. The van der Waals surface area contributed by atoms with Crippen molar-refractivity contribution in [1.29, 1.82) is 0 Å². The van der Waals surface area contributed by atoms with Crippen LogP contribution in [-0.4, -0.2) is 27.3 Å². The fourth-order valence-corrected chi connectivity index (χ4v) is 4.35. The third-order valence-electron chi connectivity index (χ3n) is 4.83. The molecule has 2 aromatic heterocycles. The van der Waals surface area contributed by atoms with Crippen LogP contribution in [-0.2, 0) is 13.1 Å². The van der Waals surface area contributed by atoms with Gasteiger partial charge in [0.2, 0.25) is 0 Å². The van der Waals surface area contributed by atoms with Crippen LogP contribution in [0.15, 0.2) is 54.6 Å². The number of nitrogens with zero attached hydrogens (tertiary/aromatic N) is 4. The first kappa shape index (κ1) is 20.1. The Morgan fingerprint density at radius 3 is 2.63 bits per heavy atom. The highest BCUT2D eigenvalue weighted by Gasteiger charge is 2.25. The summed E-state index contributed by atoms with van der Waals surface area (Å²) in [6, 6.07) is 17.6. The Morgan fingerprint density at radius 2 is 1.93 bits per heavy atom. The number of thiazole rings is 1. The summed E-state index contributed by atoms with van der Waals surface area (Å²) in [5, 5.41) is 5.13. The molecular weight excluding hydrogens is 396 g/mol. The second-order valence-corrected chi connectivity index (χ2v) is 7.91. The van der Waals surface area contributed by atoms with E-state index in [-0.39, 0.29) is 5.91 Å². The van der Waals surface area contributed by atoms with E-state index in [1.165, 1.54) is 11.3 Å². The maximum absolute atomic E-state index is 13.5. The number of carbonyl (C=O) groups is 1. The monoisotopic (exact) mass is 420 g/mol. The van der Waals surface area contributed by atoms with Crippen LogP contribution in [0, 0.1) is 6.92 Å². The van der Waals surface area contributed by atoms with Crippen LogP contribution in [0.2, 0.25) is 0 Å². The first-order valence-corrected chi connectivity index (χ1v) is 10.8. The van der Waals surface area contributed by atoms with Gasteiger partial charge in [-0.3, -0.25) is 14.4 Å². The van der Waals surface area contributed by atoms with Crippen molar-refractivity contribution in [2.75, 3.05) is 11.5 Å². The number of aryl methyl sites for hydroxylation is 2. The largest absolute Gasteiger partial charge is 0.492 e. The van der Waals surface area contributed by atoms with E-state index >= 15 is 0 Å². The van der Waals surface area contributed by atoms with E-state index in [1.807, 2.05) is 80.1 Å². The highest BCUT2D eigenvalue weighted by Crippen LogP contribution is 2.35. The molecule has 0 aliphatic heterocycles. The third-order valence-corrected chi connectivity index (χ3v) is 5.87. The van der Waals surface area contributed by atoms with Gasteiger partial charge in [0.25, 0.3) is 5.91 Å². The van der Waals surface area contributed by atoms with Crippen LogP contribution in [0.4, 0.5) is 5.13 Å². The first-order chi connectivity index (χ1) is 14.6. The molecule has 0 aliphatic carbocycles. The van der Waals surface area contributed by atoms with Gasteiger partial charge in [-0.15, -0.1) is 0 Å². The molecule has 6 nitrogen and oxygen atoms in total. The van der Waals surface area contributed by atoms with Crippen LogP contribution in [0.1, 0.15) is 35.6 Å². The van der Waals surface area contributed by atoms with E-state index in [9.17, 15) is 4.79 Å². The predicted molar refractivity (Wildman–Crippen MR) is 120 cm³/mol. The van der Waals surface area contributed by atoms with Gasteiger partial charge in [-0.2, -0.15) is 5.10 Å². The van der Waals surface area contributed by atoms with Gasteiger partial charge in [0.1, 0.15) is 11.3 Å². The molecule has 154 valence electrons. The lowest BCUT2D eigenvalue weighted by atomic mass is 10.2. The van der Waals surface area contributed by atoms with E-state index < -0.39 is 0 Å². The lowest BCUT2D eigenvalue weighted by Crippen LogP contribution is -2.30. The standard InChI is InChI=1S/C23H24N4O2S/c1-4-27-16(3)14-18(25-27)22(28)26(15-17-10-7-6-8-11-17)23-24-21-19(29-5-2)12-9-13-20(21)30-23/h6-14H,4-5,15H2,1-3H3. The smallest absolute Gasteiger partial charge is 0.280 e. The maximum Gasteiger partial charge on any atom is 0.280 e. The number of hydrogen-bond donors (Lipinski definition) is 0. The normalized spacial score (nSPS) is 11.0. The highest BCUT2D eigenvalue weighted by molar-refractivity contribution is 7.22. The minimum Gasteiger partial charge on any atom is -0.492 e. The van der Waals surface area contributed by atoms with Crippen molar-refractivity contribution in [2.24, 2.45) is 0 Å². The topological polar surface area (TPSA) is 60.2 Å². The number of aromatic nitrogens is 3. The van der Waals surface area contributed by atoms with Gasteiger partial charge in [-0.05, 0) is 44.5 Å². The van der Waals surface area contributed by atoms with Crippen LogP contribution in [0.3, 0.4) is 0 Å². The van der Waals surface area contributed by atoms with E-state index in [4.69, 9.17) is 9.72 Å². The summed E-state index contributed by atoms with van der Waals surface area (Å²) in [7, 11) is 0. The van der Waals surface area contributed by atoms with E-state index in [0.717, 1.165) is 33.8 Å². The average molecular weight is 421 g/mol. The number of fused-ring (bicyclic) bond motifs is 1. The number of amides is 1. The molecule has 0 unspecified atom stereocenters. The SMILES string of the molecule is CCOc1cccc2sc(N(Cc3ccccc3)C(=O)c3cc(C)n(CC)n3)nc12. The Labute approximate surface area is 179 Å². The molecule has 0 spiro atoms. The van der Waals surface area contributed by atoms with Crippen LogP contribution < -0.4 is 9.64 Å². The highest BCUT2D eigenvalue weighted by atomic mass is 32.1. The molecule has 2 aromatic carbocycles. The van der Waals surface area contributed by atoms with Crippen LogP contribution in [0.25, 0.3) is 10.2 Å². The van der Waals surface area contributed by atoms with E-state index in [2.05, 4.69) is 5.10 Å². The van der Waals surface area contributed by atoms with Gasteiger partial charge in [0.15, 0.2) is 10.8 Å². The number of ether oxygens (including phenoxy) is 1. The molecule has 0 saturated carbocycles. The van der Waals surface area contributed by atoms with Crippen molar-refractivity contribution in [3.05, 3.63) is 71.5 Å². The third kappa shape index (κ3) is 3.93. The van der Waals surface area contributed by atoms with E-state index in [0.29, 0.717) is 24.0 Å². The van der Waals surface area contributed by atoms with Gasteiger partial charge in [-0.25, -0.2) is 4.98 Å². The van der Waals surface area contributed by atoms with Crippen molar-refractivity contribution in [1.82, 2.24) is 14.8 Å². The molecular formula is C23H24N4O2S. The Balaban J connectivity index is 1.77. The molecule has 0 bridgehead atoms. The molecule has 0 fully saturated rings. The zero-order valence-electron chi connectivity index (χ0n) is 17.3. The summed E-state index contributed by atoms with van der Waals surface area (Å²) < 4.78 is 8.55. The first-order valence-electron chi connectivity index (χ1n) is 10.0. The fraction of sp³-hybridized carbons (Fsp3) is 0.261. The summed E-state index contributed by atoms with van der Waals surface area (Å²) in [6.45, 7) is 7.62.